The van der Waals surface area contributed by atoms with Crippen LogP contribution in [-0.2, 0) is 6.54 Å². The van der Waals surface area contributed by atoms with E-state index in [1.54, 1.807) is 6.07 Å². The molecule has 5 nitrogen and oxygen atoms in total. The van der Waals surface area contributed by atoms with E-state index in [0.717, 1.165) is 50.5 Å². The Kier molecular flexibility index (Phi) is 5.58. The second kappa shape index (κ2) is 8.67. The van der Waals surface area contributed by atoms with E-state index in [2.05, 4.69) is 69.7 Å². The largest absolute Gasteiger partial charge is 0.478 e. The molecule has 0 aromatic heterocycles. The highest BCUT2D eigenvalue weighted by Crippen LogP contribution is 2.46. The number of nitrogens with zero attached hydrogens (tertiary/aromatic N) is 2. The van der Waals surface area contributed by atoms with Gasteiger partial charge in [-0.05, 0) is 47.9 Å². The highest BCUT2D eigenvalue weighted by Gasteiger charge is 2.53. The van der Waals surface area contributed by atoms with Crippen LogP contribution in [0.25, 0.3) is 0 Å². The molecule has 2 aliphatic rings. The van der Waals surface area contributed by atoms with Gasteiger partial charge in [-0.15, -0.1) is 0 Å². The van der Waals surface area contributed by atoms with Crippen LogP contribution in [0.5, 0.6) is 0 Å². The molecule has 5 rings (SSSR count). The molecule has 0 bridgehead atoms. The first-order chi connectivity index (χ1) is 15.6. The summed E-state index contributed by atoms with van der Waals surface area (Å²) in [6.45, 7) is 5.90. The topological polar surface area (TPSA) is 55.8 Å². The predicted octanol–water partition coefficient (Wildman–Crippen LogP) is 4.44. The molecule has 3 aromatic rings. The molecule has 3 aromatic carbocycles. The van der Waals surface area contributed by atoms with Crippen molar-refractivity contribution in [2.24, 2.45) is 11.3 Å². The number of rotatable bonds is 7. The molecule has 2 N–H and O–H groups in total. The monoisotopic (exact) mass is 427 g/mol. The number of likely N-dealkylation sites (tertiary alicyclic amines) is 1. The molecule has 0 amide bonds. The summed E-state index contributed by atoms with van der Waals surface area (Å²) < 4.78 is 0. The van der Waals surface area contributed by atoms with E-state index in [9.17, 15) is 9.90 Å². The zero-order valence-corrected chi connectivity index (χ0v) is 18.2. The summed E-state index contributed by atoms with van der Waals surface area (Å²) in [5.74, 6) is -0.336. The number of carboxylic acids is 1. The van der Waals surface area contributed by atoms with Gasteiger partial charge < -0.3 is 15.3 Å². The van der Waals surface area contributed by atoms with E-state index in [0.29, 0.717) is 11.5 Å². The van der Waals surface area contributed by atoms with Crippen LogP contribution in [0, 0.1) is 11.3 Å². The van der Waals surface area contributed by atoms with Crippen molar-refractivity contribution in [3.8, 4) is 0 Å². The number of nitrogens with one attached hydrogen (secondary N) is 1. The quantitative estimate of drug-likeness (QED) is 0.584. The van der Waals surface area contributed by atoms with Crippen molar-refractivity contribution in [1.82, 2.24) is 4.90 Å². The molecule has 5 heteroatoms. The minimum atomic E-state index is -0.868. The zero-order valence-electron chi connectivity index (χ0n) is 18.2. The molecule has 2 heterocycles. The van der Waals surface area contributed by atoms with Crippen molar-refractivity contribution >= 4 is 17.3 Å². The molecule has 2 aliphatic heterocycles. The van der Waals surface area contributed by atoms with E-state index >= 15 is 0 Å². The van der Waals surface area contributed by atoms with Gasteiger partial charge >= 0.3 is 5.97 Å². The van der Waals surface area contributed by atoms with Crippen LogP contribution < -0.4 is 10.2 Å². The SMILES string of the molecule is O=C(O)c1cccc(CN2CC(CNc3ccccc3)C3(C2)CN(c2ccccc2)C3)c1. The Morgan fingerprint density at radius 1 is 0.938 bits per heavy atom. The van der Waals surface area contributed by atoms with Crippen LogP contribution in [0.2, 0.25) is 0 Å². The van der Waals surface area contributed by atoms with E-state index in [1.165, 1.54) is 5.69 Å². The van der Waals surface area contributed by atoms with Gasteiger partial charge in [0.2, 0.25) is 0 Å². The van der Waals surface area contributed by atoms with Gasteiger partial charge in [0.15, 0.2) is 0 Å². The highest BCUT2D eigenvalue weighted by molar-refractivity contribution is 5.87. The van der Waals surface area contributed by atoms with Crippen molar-refractivity contribution in [2.45, 2.75) is 6.54 Å². The summed E-state index contributed by atoms with van der Waals surface area (Å²) in [7, 11) is 0. The molecular formula is C27H29N3O2. The van der Waals surface area contributed by atoms with Crippen LogP contribution in [-0.4, -0.2) is 48.7 Å². The van der Waals surface area contributed by atoms with Gasteiger partial charge in [-0.25, -0.2) is 4.79 Å². The lowest BCUT2D eigenvalue weighted by Crippen LogP contribution is -2.61. The number of carbonyl (C=O) groups is 1. The van der Waals surface area contributed by atoms with Gasteiger partial charge in [0, 0.05) is 56.1 Å². The van der Waals surface area contributed by atoms with Crippen molar-refractivity contribution in [1.29, 1.82) is 0 Å². The van der Waals surface area contributed by atoms with Crippen LogP contribution in [0.1, 0.15) is 15.9 Å². The summed E-state index contributed by atoms with van der Waals surface area (Å²) in [5, 5.41) is 13.0. The number of aromatic carboxylic acids is 1. The molecule has 0 radical (unpaired) electrons. The molecule has 164 valence electrons. The van der Waals surface area contributed by atoms with E-state index in [-0.39, 0.29) is 5.41 Å². The van der Waals surface area contributed by atoms with Gasteiger partial charge in [-0.3, -0.25) is 4.90 Å². The minimum Gasteiger partial charge on any atom is -0.478 e. The first-order valence-corrected chi connectivity index (χ1v) is 11.2. The fourth-order valence-electron chi connectivity index (χ4n) is 5.30. The summed E-state index contributed by atoms with van der Waals surface area (Å²) in [6, 6.07) is 28.4. The van der Waals surface area contributed by atoms with Gasteiger partial charge in [-0.1, -0.05) is 48.5 Å². The first-order valence-electron chi connectivity index (χ1n) is 11.2. The van der Waals surface area contributed by atoms with Gasteiger partial charge in [0.05, 0.1) is 5.56 Å². The number of carboxylic acid groups (broad SMARTS) is 1. The third-order valence-corrected chi connectivity index (χ3v) is 6.92. The number of anilines is 2. The average Bonchev–Trinajstić information content (AvgIpc) is 3.16. The van der Waals surface area contributed by atoms with Gasteiger partial charge in [-0.2, -0.15) is 0 Å². The average molecular weight is 428 g/mol. The van der Waals surface area contributed by atoms with Crippen LogP contribution in [0.3, 0.4) is 0 Å². The minimum absolute atomic E-state index is 0.252. The van der Waals surface area contributed by atoms with Gasteiger partial charge in [0.1, 0.15) is 0 Å². The second-order valence-electron chi connectivity index (χ2n) is 9.17. The first kappa shape index (κ1) is 20.6. The fraction of sp³-hybridized carbons (Fsp3) is 0.296. The molecule has 2 fully saturated rings. The molecular weight excluding hydrogens is 398 g/mol. The van der Waals surface area contributed by atoms with Crippen LogP contribution >= 0.6 is 0 Å². The Bertz CT molecular complexity index is 1060. The normalized spacial score (nSPS) is 19.6. The fourth-order valence-corrected chi connectivity index (χ4v) is 5.30. The molecule has 2 saturated heterocycles. The summed E-state index contributed by atoms with van der Waals surface area (Å²) in [4.78, 5) is 16.3. The van der Waals surface area contributed by atoms with E-state index < -0.39 is 5.97 Å². The number of para-hydroxylation sites is 2. The molecule has 1 unspecified atom stereocenters. The van der Waals surface area contributed by atoms with E-state index in [4.69, 9.17) is 0 Å². The van der Waals surface area contributed by atoms with Crippen LogP contribution in [0.4, 0.5) is 11.4 Å². The molecule has 1 spiro atoms. The maximum Gasteiger partial charge on any atom is 0.335 e. The standard InChI is InChI=1S/C27H29N3O2/c31-26(32)22-9-7-8-21(14-22)16-29-17-23(15-28-24-10-3-1-4-11-24)27(18-29)19-30(20-27)25-12-5-2-6-13-25/h1-14,23,28H,15-20H2,(H,31,32). The second-order valence-corrected chi connectivity index (χ2v) is 9.17. The van der Waals surface area contributed by atoms with Gasteiger partial charge in [0.25, 0.3) is 0 Å². The maximum atomic E-state index is 11.4. The van der Waals surface area contributed by atoms with Crippen molar-refractivity contribution in [3.63, 3.8) is 0 Å². The third-order valence-electron chi connectivity index (χ3n) is 6.92. The molecule has 0 saturated carbocycles. The molecule has 1 atom stereocenters. The number of benzene rings is 3. The van der Waals surface area contributed by atoms with Crippen LogP contribution in [0.15, 0.2) is 84.9 Å². The Hall–Kier alpha value is -3.31. The lowest BCUT2D eigenvalue weighted by Gasteiger charge is -2.52. The Labute approximate surface area is 189 Å². The lowest BCUT2D eigenvalue weighted by atomic mass is 9.71. The Morgan fingerprint density at radius 2 is 1.66 bits per heavy atom. The number of hydrogen-bond donors (Lipinski definition) is 2. The highest BCUT2D eigenvalue weighted by atomic mass is 16.4. The maximum absolute atomic E-state index is 11.4. The third kappa shape index (κ3) is 4.21. The lowest BCUT2D eigenvalue weighted by molar-refractivity contribution is 0.0696. The Morgan fingerprint density at radius 3 is 2.38 bits per heavy atom. The molecule has 32 heavy (non-hydrogen) atoms. The number of hydrogen-bond acceptors (Lipinski definition) is 4. The van der Waals surface area contributed by atoms with Crippen molar-refractivity contribution in [3.05, 3.63) is 96.1 Å². The smallest absolute Gasteiger partial charge is 0.335 e. The summed E-state index contributed by atoms with van der Waals surface area (Å²) in [6.07, 6.45) is 0. The zero-order chi connectivity index (χ0) is 22.0. The predicted molar refractivity (Wildman–Crippen MR) is 128 cm³/mol. The van der Waals surface area contributed by atoms with E-state index in [1.807, 2.05) is 24.3 Å². The Balaban J connectivity index is 1.30. The van der Waals surface area contributed by atoms with Crippen molar-refractivity contribution < 1.29 is 9.90 Å². The summed E-state index contributed by atoms with van der Waals surface area (Å²) >= 11 is 0. The van der Waals surface area contributed by atoms with Crippen molar-refractivity contribution in [2.75, 3.05) is 42.9 Å². The summed E-state index contributed by atoms with van der Waals surface area (Å²) in [5.41, 5.74) is 4.13. The molecule has 0 aliphatic carbocycles.